The predicted molar refractivity (Wildman–Crippen MR) is 138 cm³/mol. The van der Waals surface area contributed by atoms with Crippen LogP contribution in [0.5, 0.6) is 11.6 Å². The number of nitrogens with zero attached hydrogens (tertiary/aromatic N) is 4. The van der Waals surface area contributed by atoms with Gasteiger partial charge in [-0.3, -0.25) is 14.9 Å². The molecule has 1 aliphatic rings. The van der Waals surface area contributed by atoms with Gasteiger partial charge < -0.3 is 14.8 Å². The topological polar surface area (TPSA) is 146 Å². The van der Waals surface area contributed by atoms with Crippen LogP contribution in [0, 0.1) is 17.0 Å². The maximum absolute atomic E-state index is 13.6. The Hall–Kier alpha value is -3.81. The molecule has 1 atom stereocenters. The molecule has 1 saturated heterocycles. The smallest absolute Gasteiger partial charge is 0.272 e. The molecule has 0 spiro atoms. The second-order valence-electron chi connectivity index (χ2n) is 8.82. The standard InChI is InChI=1S/C25H29N5O7S/c1-4-17(2)26-24(31)23-18(3)25(29(27-23)19-8-6-5-7-9-19)37-21-11-10-20(30(32)33)16-22(21)38(34,35)28-12-14-36-15-13-28/h5-11,16-17H,4,12-15H2,1-3H3,(H,26,31)/t17-/m1/s1. The van der Waals surface area contributed by atoms with E-state index in [1.165, 1.54) is 21.1 Å². The summed E-state index contributed by atoms with van der Waals surface area (Å²) in [7, 11) is -4.17. The summed E-state index contributed by atoms with van der Waals surface area (Å²) in [6, 6.07) is 12.2. The van der Waals surface area contributed by atoms with E-state index < -0.39 is 26.5 Å². The van der Waals surface area contributed by atoms with Gasteiger partial charge in [0.15, 0.2) is 5.69 Å². The SMILES string of the molecule is CC[C@@H](C)NC(=O)c1nn(-c2ccccc2)c(Oc2ccc([N+](=O)[O-])cc2S(=O)(=O)N2CCOCC2)c1C. The molecule has 1 fully saturated rings. The van der Waals surface area contributed by atoms with E-state index >= 15 is 0 Å². The lowest BCUT2D eigenvalue weighted by molar-refractivity contribution is -0.385. The van der Waals surface area contributed by atoms with Crippen LogP contribution in [0.15, 0.2) is 53.4 Å². The van der Waals surface area contributed by atoms with Gasteiger partial charge in [-0.05, 0) is 38.5 Å². The zero-order valence-corrected chi connectivity index (χ0v) is 22.1. The molecule has 1 amide bonds. The Morgan fingerprint density at radius 3 is 2.53 bits per heavy atom. The number of aromatic nitrogens is 2. The minimum Gasteiger partial charge on any atom is -0.437 e. The summed E-state index contributed by atoms with van der Waals surface area (Å²) in [4.78, 5) is 23.5. The third kappa shape index (κ3) is 5.54. The second-order valence-corrected chi connectivity index (χ2v) is 10.7. The van der Waals surface area contributed by atoms with Crippen LogP contribution in [-0.2, 0) is 14.8 Å². The summed E-state index contributed by atoms with van der Waals surface area (Å²) < 4.78 is 41.2. The molecule has 0 unspecified atom stereocenters. The van der Waals surface area contributed by atoms with E-state index in [-0.39, 0.29) is 54.6 Å². The fourth-order valence-corrected chi connectivity index (χ4v) is 5.42. The molecule has 1 aliphatic heterocycles. The number of ether oxygens (including phenoxy) is 2. The highest BCUT2D eigenvalue weighted by molar-refractivity contribution is 7.89. The Kier molecular flexibility index (Phi) is 8.09. The number of sulfonamides is 1. The van der Waals surface area contributed by atoms with E-state index in [1.54, 1.807) is 31.2 Å². The molecule has 0 radical (unpaired) electrons. The quantitative estimate of drug-likeness (QED) is 0.319. The van der Waals surface area contributed by atoms with Crippen molar-refractivity contribution in [1.29, 1.82) is 0 Å². The van der Waals surface area contributed by atoms with Gasteiger partial charge in [-0.25, -0.2) is 8.42 Å². The Morgan fingerprint density at radius 2 is 1.89 bits per heavy atom. The summed E-state index contributed by atoms with van der Waals surface area (Å²) in [5.74, 6) is -0.421. The number of carbonyl (C=O) groups is 1. The molecule has 12 nitrogen and oxygen atoms in total. The van der Waals surface area contributed by atoms with Crippen molar-refractivity contribution in [1.82, 2.24) is 19.4 Å². The first-order chi connectivity index (χ1) is 18.1. The van der Waals surface area contributed by atoms with E-state index in [0.717, 1.165) is 12.5 Å². The molecule has 13 heteroatoms. The molecule has 0 bridgehead atoms. The summed E-state index contributed by atoms with van der Waals surface area (Å²) in [5, 5.41) is 18.9. The van der Waals surface area contributed by atoms with Crippen molar-refractivity contribution in [2.24, 2.45) is 0 Å². The number of hydrogen-bond donors (Lipinski definition) is 1. The van der Waals surface area contributed by atoms with Crippen LogP contribution < -0.4 is 10.1 Å². The van der Waals surface area contributed by atoms with Gasteiger partial charge in [0.2, 0.25) is 15.9 Å². The highest BCUT2D eigenvalue weighted by atomic mass is 32.2. The van der Waals surface area contributed by atoms with Crippen molar-refractivity contribution in [2.75, 3.05) is 26.3 Å². The van der Waals surface area contributed by atoms with Crippen LogP contribution in [0.2, 0.25) is 0 Å². The maximum atomic E-state index is 13.6. The van der Waals surface area contributed by atoms with Gasteiger partial charge in [-0.1, -0.05) is 25.1 Å². The Bertz CT molecular complexity index is 1430. The van der Waals surface area contributed by atoms with Gasteiger partial charge in [-0.2, -0.15) is 14.1 Å². The maximum Gasteiger partial charge on any atom is 0.272 e. The molecule has 1 N–H and O–H groups in total. The van der Waals surface area contributed by atoms with Crippen LogP contribution in [0.1, 0.15) is 36.3 Å². The van der Waals surface area contributed by atoms with Gasteiger partial charge in [0, 0.05) is 36.8 Å². The second kappa shape index (κ2) is 11.3. The van der Waals surface area contributed by atoms with Crippen LogP contribution in [0.4, 0.5) is 5.69 Å². The van der Waals surface area contributed by atoms with Gasteiger partial charge in [-0.15, -0.1) is 0 Å². The molecule has 38 heavy (non-hydrogen) atoms. The molecule has 1 aromatic heterocycles. The molecule has 2 aromatic carbocycles. The Balaban J connectivity index is 1.84. The molecule has 4 rings (SSSR count). The zero-order valence-electron chi connectivity index (χ0n) is 21.3. The van der Waals surface area contributed by atoms with Crippen LogP contribution in [-0.4, -0.2) is 65.7 Å². The van der Waals surface area contributed by atoms with E-state index in [1.807, 2.05) is 19.9 Å². The first kappa shape index (κ1) is 27.2. The van der Waals surface area contributed by atoms with E-state index in [9.17, 15) is 23.3 Å². The molecule has 3 aromatic rings. The number of nitro benzene ring substituents is 1. The number of non-ortho nitro benzene ring substituents is 1. The van der Waals surface area contributed by atoms with Gasteiger partial charge in [0.05, 0.1) is 23.8 Å². The van der Waals surface area contributed by atoms with Crippen molar-refractivity contribution in [3.05, 3.63) is 69.9 Å². The average Bonchev–Trinajstić information content (AvgIpc) is 3.25. The van der Waals surface area contributed by atoms with Crippen molar-refractivity contribution in [3.8, 4) is 17.3 Å². The van der Waals surface area contributed by atoms with E-state index in [0.29, 0.717) is 11.3 Å². The molecule has 0 aliphatic carbocycles. The Morgan fingerprint density at radius 1 is 1.21 bits per heavy atom. The van der Waals surface area contributed by atoms with Crippen LogP contribution >= 0.6 is 0 Å². The fourth-order valence-electron chi connectivity index (χ4n) is 3.88. The number of carbonyl (C=O) groups excluding carboxylic acids is 1. The highest BCUT2D eigenvalue weighted by Crippen LogP contribution is 2.37. The van der Waals surface area contributed by atoms with Gasteiger partial charge >= 0.3 is 0 Å². The lowest BCUT2D eigenvalue weighted by Crippen LogP contribution is -2.40. The molecule has 2 heterocycles. The number of para-hydroxylation sites is 1. The van der Waals surface area contributed by atoms with Crippen LogP contribution in [0.3, 0.4) is 0 Å². The third-order valence-electron chi connectivity index (χ3n) is 6.21. The zero-order chi connectivity index (χ0) is 27.4. The van der Waals surface area contributed by atoms with E-state index in [4.69, 9.17) is 9.47 Å². The molecular weight excluding hydrogens is 514 g/mol. The molecule has 202 valence electrons. The highest BCUT2D eigenvalue weighted by Gasteiger charge is 2.32. The lowest BCUT2D eigenvalue weighted by Gasteiger charge is -2.26. The Labute approximate surface area is 220 Å². The fraction of sp³-hybridized carbons (Fsp3) is 0.360. The number of amides is 1. The summed E-state index contributed by atoms with van der Waals surface area (Å²) in [6.45, 7) is 6.09. The minimum absolute atomic E-state index is 0.0897. The molecule has 0 saturated carbocycles. The van der Waals surface area contributed by atoms with Crippen molar-refractivity contribution in [2.45, 2.75) is 38.1 Å². The largest absolute Gasteiger partial charge is 0.437 e. The van der Waals surface area contributed by atoms with Gasteiger partial charge in [0.1, 0.15) is 10.6 Å². The van der Waals surface area contributed by atoms with E-state index in [2.05, 4.69) is 10.4 Å². The lowest BCUT2D eigenvalue weighted by atomic mass is 10.2. The van der Waals surface area contributed by atoms with Gasteiger partial charge in [0.25, 0.3) is 11.6 Å². The number of morpholine rings is 1. The average molecular weight is 544 g/mol. The molecular formula is C25H29N5O7S. The number of nitro groups is 1. The normalized spacial score (nSPS) is 15.1. The van der Waals surface area contributed by atoms with Crippen molar-refractivity contribution < 1.29 is 27.6 Å². The summed E-state index contributed by atoms with van der Waals surface area (Å²) >= 11 is 0. The van der Waals surface area contributed by atoms with Crippen LogP contribution in [0.25, 0.3) is 5.69 Å². The number of nitrogens with one attached hydrogen (secondary N) is 1. The minimum atomic E-state index is -4.17. The predicted octanol–water partition coefficient (Wildman–Crippen LogP) is 3.43. The van der Waals surface area contributed by atoms with Crippen molar-refractivity contribution >= 4 is 21.6 Å². The summed E-state index contributed by atoms with van der Waals surface area (Å²) in [5.41, 5.74) is 0.671. The van der Waals surface area contributed by atoms with Crippen molar-refractivity contribution in [3.63, 3.8) is 0 Å². The first-order valence-electron chi connectivity index (χ1n) is 12.1. The first-order valence-corrected chi connectivity index (χ1v) is 13.6. The summed E-state index contributed by atoms with van der Waals surface area (Å²) in [6.07, 6.45) is 0.721. The monoisotopic (exact) mass is 543 g/mol. The number of benzene rings is 2. The third-order valence-corrected chi connectivity index (χ3v) is 8.13. The number of hydrogen-bond acceptors (Lipinski definition) is 8. The number of rotatable bonds is 9.